The van der Waals surface area contributed by atoms with Crippen LogP contribution in [-0.2, 0) is 17.6 Å². The van der Waals surface area contributed by atoms with Gasteiger partial charge in [0, 0.05) is 23.9 Å². The first kappa shape index (κ1) is 23.2. The molecule has 5 rings (SSSR count). The standard InChI is InChI=1S/C25H31FN8O/c1-14(2)18-10-21(33-32-18)30-22-16-6-5-7-17(16)29-24(31-22)34-13-25(3,4)11-19(34)23(35)28-15-8-9-20(26)27-12-15/h8-10,12,14,19H,5-7,11,13H2,1-4H3,(H,28,35)(H2,29,30,31,32,33)/t19-/m0/s1. The SMILES string of the molecule is CC(C)c1cc(Nc2nc(N3CC(C)(C)C[C@H]3C(=O)Nc3ccc(F)nc3)nc3c2CCC3)n[nH]1. The average Bonchev–Trinajstić information content (AvgIpc) is 3.53. The van der Waals surface area contributed by atoms with Crippen molar-refractivity contribution in [1.29, 1.82) is 0 Å². The second-order valence-corrected chi connectivity index (χ2v) is 10.5. The zero-order chi connectivity index (χ0) is 24.7. The van der Waals surface area contributed by atoms with Crippen molar-refractivity contribution >= 4 is 29.2 Å². The summed E-state index contributed by atoms with van der Waals surface area (Å²) in [5.74, 6) is 1.57. The molecule has 0 unspecified atom stereocenters. The third-order valence-electron chi connectivity index (χ3n) is 6.66. The van der Waals surface area contributed by atoms with Crippen LogP contribution in [0.5, 0.6) is 0 Å². The fourth-order valence-electron chi connectivity index (χ4n) is 4.86. The summed E-state index contributed by atoms with van der Waals surface area (Å²) in [7, 11) is 0. The molecule has 0 aromatic carbocycles. The fraction of sp³-hybridized carbons (Fsp3) is 0.480. The second-order valence-electron chi connectivity index (χ2n) is 10.5. The molecule has 1 fully saturated rings. The van der Waals surface area contributed by atoms with Crippen molar-refractivity contribution in [3.05, 3.63) is 47.3 Å². The first-order valence-corrected chi connectivity index (χ1v) is 12.1. The van der Waals surface area contributed by atoms with Crippen LogP contribution < -0.4 is 15.5 Å². The second kappa shape index (κ2) is 8.90. The number of hydrogen-bond acceptors (Lipinski definition) is 7. The van der Waals surface area contributed by atoms with E-state index in [9.17, 15) is 9.18 Å². The van der Waals surface area contributed by atoms with Gasteiger partial charge >= 0.3 is 0 Å². The van der Waals surface area contributed by atoms with Crippen LogP contribution in [0.15, 0.2) is 24.4 Å². The Bertz CT molecular complexity index is 1240. The molecule has 0 spiro atoms. The maximum Gasteiger partial charge on any atom is 0.247 e. The molecule has 0 saturated carbocycles. The molecule has 3 aromatic rings. The Morgan fingerprint density at radius 3 is 2.80 bits per heavy atom. The van der Waals surface area contributed by atoms with E-state index in [-0.39, 0.29) is 11.3 Å². The molecule has 4 heterocycles. The van der Waals surface area contributed by atoms with Crippen LogP contribution in [0.4, 0.5) is 27.7 Å². The van der Waals surface area contributed by atoms with Gasteiger partial charge in [-0.2, -0.15) is 14.5 Å². The lowest BCUT2D eigenvalue weighted by Crippen LogP contribution is -2.41. The largest absolute Gasteiger partial charge is 0.328 e. The third kappa shape index (κ3) is 4.82. The van der Waals surface area contributed by atoms with Crippen LogP contribution in [-0.4, -0.2) is 43.6 Å². The number of hydrogen-bond donors (Lipinski definition) is 3. The van der Waals surface area contributed by atoms with Gasteiger partial charge in [-0.25, -0.2) is 9.97 Å². The molecule has 1 amide bonds. The summed E-state index contributed by atoms with van der Waals surface area (Å²) >= 11 is 0. The molecule has 35 heavy (non-hydrogen) atoms. The summed E-state index contributed by atoms with van der Waals surface area (Å²) in [4.78, 5) is 28.7. The molecule has 2 aliphatic rings. The molecular formula is C25H31FN8O. The number of anilines is 4. The number of nitrogens with zero attached hydrogens (tertiary/aromatic N) is 5. The Morgan fingerprint density at radius 2 is 2.09 bits per heavy atom. The van der Waals surface area contributed by atoms with Gasteiger partial charge in [0.15, 0.2) is 5.82 Å². The van der Waals surface area contributed by atoms with E-state index < -0.39 is 12.0 Å². The van der Waals surface area contributed by atoms with E-state index in [1.807, 2.05) is 11.0 Å². The number of carbonyl (C=O) groups excluding carboxylic acids is 1. The number of aryl methyl sites for hydroxylation is 1. The Labute approximate surface area is 204 Å². The molecule has 184 valence electrons. The lowest BCUT2D eigenvalue weighted by molar-refractivity contribution is -0.117. The zero-order valence-corrected chi connectivity index (χ0v) is 20.5. The van der Waals surface area contributed by atoms with E-state index in [1.165, 1.54) is 18.3 Å². The number of pyridine rings is 1. The fourth-order valence-corrected chi connectivity index (χ4v) is 4.86. The predicted octanol–water partition coefficient (Wildman–Crippen LogP) is 4.33. The van der Waals surface area contributed by atoms with Gasteiger partial charge < -0.3 is 15.5 Å². The minimum absolute atomic E-state index is 0.104. The smallest absolute Gasteiger partial charge is 0.247 e. The lowest BCUT2D eigenvalue weighted by atomic mass is 9.90. The van der Waals surface area contributed by atoms with E-state index >= 15 is 0 Å². The summed E-state index contributed by atoms with van der Waals surface area (Å²) in [5.41, 5.74) is 3.53. The Kier molecular flexibility index (Phi) is 5.90. The summed E-state index contributed by atoms with van der Waals surface area (Å²) < 4.78 is 13.2. The van der Waals surface area contributed by atoms with E-state index in [2.05, 4.69) is 53.5 Å². The van der Waals surface area contributed by atoms with Crippen LogP contribution >= 0.6 is 0 Å². The normalized spacial score (nSPS) is 18.7. The number of nitrogens with one attached hydrogen (secondary N) is 3. The highest BCUT2D eigenvalue weighted by molar-refractivity contribution is 5.97. The monoisotopic (exact) mass is 478 g/mol. The molecular weight excluding hydrogens is 447 g/mol. The molecule has 1 aliphatic heterocycles. The zero-order valence-electron chi connectivity index (χ0n) is 20.5. The molecule has 1 aliphatic carbocycles. The van der Waals surface area contributed by atoms with Crippen molar-refractivity contribution in [3.63, 3.8) is 0 Å². The number of aromatic amines is 1. The third-order valence-corrected chi connectivity index (χ3v) is 6.66. The van der Waals surface area contributed by atoms with Gasteiger partial charge in [-0.15, -0.1) is 0 Å². The highest BCUT2D eigenvalue weighted by Gasteiger charge is 2.43. The van der Waals surface area contributed by atoms with Gasteiger partial charge in [-0.05, 0) is 49.1 Å². The van der Waals surface area contributed by atoms with E-state index in [4.69, 9.17) is 9.97 Å². The highest BCUT2D eigenvalue weighted by atomic mass is 19.1. The molecule has 1 atom stereocenters. The minimum atomic E-state index is -0.587. The maximum absolute atomic E-state index is 13.3. The van der Waals surface area contributed by atoms with Crippen molar-refractivity contribution in [2.75, 3.05) is 22.1 Å². The van der Waals surface area contributed by atoms with E-state index in [1.54, 1.807) is 0 Å². The van der Waals surface area contributed by atoms with Gasteiger partial charge in [-0.1, -0.05) is 27.7 Å². The van der Waals surface area contributed by atoms with Gasteiger partial charge in [0.05, 0.1) is 17.6 Å². The Morgan fingerprint density at radius 1 is 1.26 bits per heavy atom. The predicted molar refractivity (Wildman–Crippen MR) is 132 cm³/mol. The molecule has 3 N–H and O–H groups in total. The van der Waals surface area contributed by atoms with Crippen molar-refractivity contribution in [1.82, 2.24) is 25.1 Å². The topological polar surface area (TPSA) is 112 Å². The molecule has 3 aromatic heterocycles. The van der Waals surface area contributed by atoms with Crippen molar-refractivity contribution in [3.8, 4) is 0 Å². The molecule has 1 saturated heterocycles. The van der Waals surface area contributed by atoms with Crippen molar-refractivity contribution < 1.29 is 9.18 Å². The van der Waals surface area contributed by atoms with Crippen molar-refractivity contribution in [2.45, 2.75) is 65.3 Å². The number of fused-ring (bicyclic) bond motifs is 1. The Hall–Kier alpha value is -3.56. The summed E-state index contributed by atoms with van der Waals surface area (Å²) in [6.07, 6.45) is 4.78. The van der Waals surface area contributed by atoms with Gasteiger partial charge in [0.25, 0.3) is 0 Å². The number of rotatable bonds is 6. The van der Waals surface area contributed by atoms with Crippen LogP contribution in [0, 0.1) is 11.4 Å². The number of carbonyl (C=O) groups is 1. The summed E-state index contributed by atoms with van der Waals surface area (Å²) in [6.45, 7) is 9.14. The highest BCUT2D eigenvalue weighted by Crippen LogP contribution is 2.38. The number of H-pyrrole nitrogens is 1. The van der Waals surface area contributed by atoms with E-state index in [0.29, 0.717) is 36.3 Å². The number of halogens is 1. The van der Waals surface area contributed by atoms with Crippen LogP contribution in [0.25, 0.3) is 0 Å². The molecule has 9 nitrogen and oxygen atoms in total. The van der Waals surface area contributed by atoms with Crippen LogP contribution in [0.3, 0.4) is 0 Å². The maximum atomic E-state index is 13.3. The van der Waals surface area contributed by atoms with E-state index in [0.717, 1.165) is 42.0 Å². The van der Waals surface area contributed by atoms with Crippen molar-refractivity contribution in [2.24, 2.45) is 5.41 Å². The lowest BCUT2D eigenvalue weighted by Gasteiger charge is -2.25. The molecule has 10 heteroatoms. The van der Waals surface area contributed by atoms with Crippen LogP contribution in [0.2, 0.25) is 0 Å². The van der Waals surface area contributed by atoms with Gasteiger partial charge in [-0.3, -0.25) is 9.89 Å². The first-order valence-electron chi connectivity index (χ1n) is 12.1. The first-order chi connectivity index (χ1) is 16.7. The number of aromatic nitrogens is 5. The molecule has 0 radical (unpaired) electrons. The summed E-state index contributed by atoms with van der Waals surface area (Å²) in [5, 5.41) is 13.7. The molecule has 0 bridgehead atoms. The van der Waals surface area contributed by atoms with Gasteiger partial charge in [0.2, 0.25) is 17.8 Å². The van der Waals surface area contributed by atoms with Gasteiger partial charge in [0.1, 0.15) is 11.9 Å². The average molecular weight is 479 g/mol. The minimum Gasteiger partial charge on any atom is -0.328 e. The number of amides is 1. The van der Waals surface area contributed by atoms with Crippen LogP contribution in [0.1, 0.15) is 63.4 Å². The quantitative estimate of drug-likeness (QED) is 0.452. The Balaban J connectivity index is 1.45. The summed E-state index contributed by atoms with van der Waals surface area (Å²) in [6, 6.07) is 4.28.